The molecule has 4 rings (SSSR count). The molecule has 0 spiro atoms. The van der Waals surface area contributed by atoms with E-state index in [2.05, 4.69) is 10.2 Å². The first-order chi connectivity index (χ1) is 12.7. The van der Waals surface area contributed by atoms with Crippen LogP contribution in [-0.2, 0) is 4.79 Å². The van der Waals surface area contributed by atoms with Gasteiger partial charge < -0.3 is 24.6 Å². The van der Waals surface area contributed by atoms with Crippen LogP contribution in [0.25, 0.3) is 0 Å². The van der Waals surface area contributed by atoms with E-state index in [1.54, 1.807) is 24.3 Å². The standard InChI is InChI=1S/C19H20FN3O3/c20-14-1-4-16(5-2-14)23-9-7-22(8-10-23)12-19(24)21-15-3-6-17-18(11-15)26-13-25-17/h1-6,11H,7-10,12-13H2,(H,21,24)/p+1. The summed E-state index contributed by atoms with van der Waals surface area (Å²) in [6.07, 6.45) is 0. The number of anilines is 2. The molecule has 2 aromatic rings. The maximum absolute atomic E-state index is 13.0. The molecule has 0 saturated carbocycles. The number of nitrogens with one attached hydrogen (secondary N) is 2. The van der Waals surface area contributed by atoms with Gasteiger partial charge in [-0.25, -0.2) is 4.39 Å². The molecular weight excluding hydrogens is 337 g/mol. The van der Waals surface area contributed by atoms with Gasteiger partial charge >= 0.3 is 0 Å². The number of amides is 1. The SMILES string of the molecule is O=C(C[NH+]1CCN(c2ccc(F)cc2)CC1)Nc1ccc2c(c1)OCO2. The van der Waals surface area contributed by atoms with Crippen LogP contribution in [0.15, 0.2) is 42.5 Å². The van der Waals surface area contributed by atoms with E-state index in [0.29, 0.717) is 23.7 Å². The number of benzene rings is 2. The molecule has 2 N–H and O–H groups in total. The highest BCUT2D eigenvalue weighted by molar-refractivity contribution is 5.91. The van der Waals surface area contributed by atoms with E-state index in [-0.39, 0.29) is 18.5 Å². The Hall–Kier alpha value is -2.80. The zero-order valence-corrected chi connectivity index (χ0v) is 14.3. The first kappa shape index (κ1) is 16.7. The minimum Gasteiger partial charge on any atom is -0.454 e. The quantitative estimate of drug-likeness (QED) is 0.853. The second kappa shape index (κ2) is 7.21. The molecule has 2 aliphatic rings. The fraction of sp³-hybridized carbons (Fsp3) is 0.316. The minimum absolute atomic E-state index is 0.0194. The molecule has 0 aromatic heterocycles. The summed E-state index contributed by atoms with van der Waals surface area (Å²) in [6.45, 7) is 4.06. The summed E-state index contributed by atoms with van der Waals surface area (Å²) in [5, 5.41) is 2.92. The summed E-state index contributed by atoms with van der Waals surface area (Å²) in [4.78, 5) is 15.8. The van der Waals surface area contributed by atoms with Crippen LogP contribution in [0.5, 0.6) is 11.5 Å². The molecule has 2 aliphatic heterocycles. The van der Waals surface area contributed by atoms with Crippen LogP contribution in [-0.4, -0.2) is 45.4 Å². The second-order valence-corrected chi connectivity index (χ2v) is 6.51. The molecule has 0 atom stereocenters. The Morgan fingerprint density at radius 1 is 1.08 bits per heavy atom. The van der Waals surface area contributed by atoms with E-state index >= 15 is 0 Å². The van der Waals surface area contributed by atoms with Crippen molar-refractivity contribution >= 4 is 17.3 Å². The van der Waals surface area contributed by atoms with Crippen LogP contribution in [0.4, 0.5) is 15.8 Å². The Labute approximate surface area is 151 Å². The van der Waals surface area contributed by atoms with Gasteiger partial charge in [0.25, 0.3) is 5.91 Å². The zero-order chi connectivity index (χ0) is 17.9. The number of halogens is 1. The highest BCUT2D eigenvalue weighted by Crippen LogP contribution is 2.34. The summed E-state index contributed by atoms with van der Waals surface area (Å²) in [5.74, 6) is 1.11. The third-order valence-electron chi connectivity index (χ3n) is 4.73. The van der Waals surface area contributed by atoms with Crippen LogP contribution in [0, 0.1) is 5.82 Å². The lowest BCUT2D eigenvalue weighted by molar-refractivity contribution is -0.892. The lowest BCUT2D eigenvalue weighted by atomic mass is 10.2. The Balaban J connectivity index is 1.27. The number of carbonyl (C=O) groups is 1. The number of nitrogens with zero attached hydrogens (tertiary/aromatic N) is 1. The van der Waals surface area contributed by atoms with E-state index in [1.165, 1.54) is 17.0 Å². The van der Waals surface area contributed by atoms with Gasteiger partial charge in [0.2, 0.25) is 6.79 Å². The number of hydrogen-bond acceptors (Lipinski definition) is 4. The summed E-state index contributed by atoms with van der Waals surface area (Å²) in [5.41, 5.74) is 1.74. The van der Waals surface area contributed by atoms with Crippen molar-refractivity contribution in [2.75, 3.05) is 49.7 Å². The Kier molecular flexibility index (Phi) is 4.62. The zero-order valence-electron chi connectivity index (χ0n) is 14.3. The van der Waals surface area contributed by atoms with Crippen LogP contribution in [0.1, 0.15) is 0 Å². The average Bonchev–Trinajstić information content (AvgIpc) is 3.11. The third kappa shape index (κ3) is 3.72. The number of rotatable bonds is 4. The fourth-order valence-corrected chi connectivity index (χ4v) is 3.32. The molecule has 0 bridgehead atoms. The summed E-state index contributed by atoms with van der Waals surface area (Å²) in [6, 6.07) is 11.9. The highest BCUT2D eigenvalue weighted by atomic mass is 19.1. The average molecular weight is 358 g/mol. The molecule has 2 heterocycles. The van der Waals surface area contributed by atoms with Crippen molar-refractivity contribution in [1.82, 2.24) is 0 Å². The van der Waals surface area contributed by atoms with Crippen molar-refractivity contribution in [1.29, 1.82) is 0 Å². The normalized spacial score (nSPS) is 16.6. The number of hydrogen-bond donors (Lipinski definition) is 2. The van der Waals surface area contributed by atoms with Crippen LogP contribution < -0.4 is 24.6 Å². The molecule has 1 fully saturated rings. The first-order valence-corrected chi connectivity index (χ1v) is 8.71. The number of carbonyl (C=O) groups excluding carboxylic acids is 1. The van der Waals surface area contributed by atoms with E-state index < -0.39 is 0 Å². The van der Waals surface area contributed by atoms with E-state index in [0.717, 1.165) is 31.9 Å². The smallest absolute Gasteiger partial charge is 0.279 e. The van der Waals surface area contributed by atoms with Gasteiger partial charge in [0, 0.05) is 17.4 Å². The number of fused-ring (bicyclic) bond motifs is 1. The van der Waals surface area contributed by atoms with Gasteiger partial charge in [-0.05, 0) is 36.4 Å². The van der Waals surface area contributed by atoms with E-state index in [9.17, 15) is 9.18 Å². The molecule has 1 amide bonds. The minimum atomic E-state index is -0.224. The summed E-state index contributed by atoms with van der Waals surface area (Å²) >= 11 is 0. The molecule has 0 unspecified atom stereocenters. The van der Waals surface area contributed by atoms with E-state index in [1.807, 2.05) is 6.07 Å². The maximum atomic E-state index is 13.0. The lowest BCUT2D eigenvalue weighted by Gasteiger charge is -2.33. The number of piperazine rings is 1. The second-order valence-electron chi connectivity index (χ2n) is 6.51. The van der Waals surface area contributed by atoms with Gasteiger partial charge in [-0.1, -0.05) is 0 Å². The Morgan fingerprint density at radius 3 is 2.58 bits per heavy atom. The summed E-state index contributed by atoms with van der Waals surface area (Å²) < 4.78 is 23.6. The molecule has 26 heavy (non-hydrogen) atoms. The van der Waals surface area contributed by atoms with Gasteiger partial charge in [-0.3, -0.25) is 4.79 Å². The van der Waals surface area contributed by atoms with Crippen molar-refractivity contribution in [2.24, 2.45) is 0 Å². The van der Waals surface area contributed by atoms with Crippen molar-refractivity contribution in [2.45, 2.75) is 0 Å². The van der Waals surface area contributed by atoms with Crippen LogP contribution >= 0.6 is 0 Å². The third-order valence-corrected chi connectivity index (χ3v) is 4.73. The van der Waals surface area contributed by atoms with Crippen LogP contribution in [0.2, 0.25) is 0 Å². The Bertz CT molecular complexity index is 789. The van der Waals surface area contributed by atoms with Gasteiger partial charge in [0.1, 0.15) is 5.82 Å². The molecule has 7 heteroatoms. The Morgan fingerprint density at radius 2 is 1.81 bits per heavy atom. The largest absolute Gasteiger partial charge is 0.454 e. The monoisotopic (exact) mass is 358 g/mol. The fourth-order valence-electron chi connectivity index (χ4n) is 3.32. The molecule has 0 aliphatic carbocycles. The molecule has 6 nitrogen and oxygen atoms in total. The van der Waals surface area contributed by atoms with Crippen molar-refractivity contribution in [3.8, 4) is 11.5 Å². The lowest BCUT2D eigenvalue weighted by Crippen LogP contribution is -3.15. The molecule has 1 saturated heterocycles. The predicted octanol–water partition coefficient (Wildman–Crippen LogP) is 0.898. The van der Waals surface area contributed by atoms with E-state index in [4.69, 9.17) is 9.47 Å². The molecule has 2 aromatic carbocycles. The van der Waals surface area contributed by atoms with Crippen molar-refractivity contribution in [3.05, 3.63) is 48.3 Å². The topological polar surface area (TPSA) is 55.2 Å². The molecule has 0 radical (unpaired) electrons. The van der Waals surface area contributed by atoms with Gasteiger partial charge in [-0.15, -0.1) is 0 Å². The summed E-state index contributed by atoms with van der Waals surface area (Å²) in [7, 11) is 0. The number of ether oxygens (including phenoxy) is 2. The van der Waals surface area contributed by atoms with Crippen molar-refractivity contribution in [3.63, 3.8) is 0 Å². The molecule has 136 valence electrons. The molecular formula is C19H21FN3O3+. The van der Waals surface area contributed by atoms with Gasteiger partial charge in [-0.2, -0.15) is 0 Å². The maximum Gasteiger partial charge on any atom is 0.279 e. The predicted molar refractivity (Wildman–Crippen MR) is 95.4 cm³/mol. The van der Waals surface area contributed by atoms with Crippen LogP contribution in [0.3, 0.4) is 0 Å². The van der Waals surface area contributed by atoms with Gasteiger partial charge in [0.15, 0.2) is 18.0 Å². The highest BCUT2D eigenvalue weighted by Gasteiger charge is 2.23. The van der Waals surface area contributed by atoms with Crippen molar-refractivity contribution < 1.29 is 23.6 Å². The van der Waals surface area contributed by atoms with Gasteiger partial charge in [0.05, 0.1) is 26.2 Å². The first-order valence-electron chi connectivity index (χ1n) is 8.71. The number of quaternary nitrogens is 1.